The van der Waals surface area contributed by atoms with Crippen LogP contribution in [0.15, 0.2) is 36.4 Å². The topological polar surface area (TPSA) is 234 Å². The Morgan fingerprint density at radius 1 is 0.782 bits per heavy atom. The highest BCUT2D eigenvalue weighted by molar-refractivity contribution is 5.75. The first kappa shape index (κ1) is 46.7. The minimum absolute atomic E-state index is 0.0882. The van der Waals surface area contributed by atoms with Crippen molar-refractivity contribution in [1.29, 1.82) is 0 Å². The van der Waals surface area contributed by atoms with Crippen molar-refractivity contribution >= 4 is 11.9 Å². The summed E-state index contributed by atoms with van der Waals surface area (Å²) in [7, 11) is 0. The Bertz CT molecular complexity index is 1250. The van der Waals surface area contributed by atoms with Gasteiger partial charge < -0.3 is 64.7 Å². The summed E-state index contributed by atoms with van der Waals surface area (Å²) in [5.41, 5.74) is 1.08. The second kappa shape index (κ2) is 25.5. The first-order valence-electron chi connectivity index (χ1n) is 19.9. The molecule has 0 bridgehead atoms. The van der Waals surface area contributed by atoms with E-state index in [4.69, 9.17) is 23.7 Å². The highest BCUT2D eigenvalue weighted by Gasteiger charge is 2.51. The van der Waals surface area contributed by atoms with Crippen molar-refractivity contribution in [2.24, 2.45) is 0 Å². The number of hydrogen-bond acceptors (Lipinski definition) is 14. The molecule has 1 amide bonds. The maximum Gasteiger partial charge on any atom is 0.302 e. The van der Waals surface area contributed by atoms with Gasteiger partial charge in [0.2, 0.25) is 5.91 Å². The fourth-order valence-corrected chi connectivity index (χ4v) is 6.59. The Morgan fingerprint density at radius 2 is 1.38 bits per heavy atom. The normalized spacial score (nSPS) is 28.9. The molecule has 8 N–H and O–H groups in total. The predicted octanol–water partition coefficient (Wildman–Crippen LogP) is 2.28. The van der Waals surface area contributed by atoms with E-state index in [0.717, 1.165) is 89.5 Å². The van der Waals surface area contributed by atoms with Gasteiger partial charge in [-0.2, -0.15) is 0 Å². The predicted molar refractivity (Wildman–Crippen MR) is 200 cm³/mol. The Morgan fingerprint density at radius 3 is 2.04 bits per heavy atom. The molecule has 2 fully saturated rings. The first-order chi connectivity index (χ1) is 26.4. The highest BCUT2D eigenvalue weighted by atomic mass is 16.8. The molecule has 0 saturated carbocycles. The van der Waals surface area contributed by atoms with Crippen molar-refractivity contribution in [3.8, 4) is 5.75 Å². The molecule has 2 saturated heterocycles. The number of carbonyl (C=O) groups is 2. The van der Waals surface area contributed by atoms with Crippen LogP contribution in [0.2, 0.25) is 0 Å². The maximum atomic E-state index is 12.0. The number of allylic oxidation sites excluding steroid dienone is 2. The third kappa shape index (κ3) is 16.7. The summed E-state index contributed by atoms with van der Waals surface area (Å²) in [4.78, 5) is 23.3. The summed E-state index contributed by atoms with van der Waals surface area (Å²) in [6, 6.07) is 7.03. The van der Waals surface area contributed by atoms with Crippen LogP contribution in [0.1, 0.15) is 103 Å². The molecule has 1 aromatic carbocycles. The van der Waals surface area contributed by atoms with Crippen LogP contribution in [0.4, 0.5) is 0 Å². The second-order valence-corrected chi connectivity index (χ2v) is 14.6. The number of aliphatic hydroxyl groups excluding tert-OH is 6. The van der Waals surface area contributed by atoms with Gasteiger partial charge >= 0.3 is 5.97 Å². The van der Waals surface area contributed by atoms with E-state index >= 15 is 0 Å². The summed E-state index contributed by atoms with van der Waals surface area (Å²) in [6.45, 7) is 2.56. The van der Waals surface area contributed by atoms with Crippen molar-refractivity contribution in [2.45, 2.75) is 171 Å². The van der Waals surface area contributed by atoms with Gasteiger partial charge in [-0.05, 0) is 69.6 Å². The van der Waals surface area contributed by atoms with Crippen molar-refractivity contribution < 1.29 is 69.0 Å². The van der Waals surface area contributed by atoms with Crippen LogP contribution in [0.3, 0.4) is 0 Å². The van der Waals surface area contributed by atoms with Crippen LogP contribution >= 0.6 is 0 Å². The van der Waals surface area contributed by atoms with Gasteiger partial charge in [0.25, 0.3) is 0 Å². The zero-order valence-electron chi connectivity index (χ0n) is 32.3. The molecule has 55 heavy (non-hydrogen) atoms. The lowest BCUT2D eigenvalue weighted by atomic mass is 9.97. The molecule has 314 valence electrons. The van der Waals surface area contributed by atoms with Crippen molar-refractivity contribution in [3.05, 3.63) is 42.0 Å². The van der Waals surface area contributed by atoms with Crippen LogP contribution in [-0.2, 0) is 39.7 Å². The largest absolute Gasteiger partial charge is 0.508 e. The molecule has 15 nitrogen and oxygen atoms in total. The van der Waals surface area contributed by atoms with Gasteiger partial charge in [-0.1, -0.05) is 62.8 Å². The number of nitrogens with one attached hydrogen (secondary N) is 1. The molecule has 0 aromatic heterocycles. The van der Waals surface area contributed by atoms with E-state index in [9.17, 15) is 45.3 Å². The number of benzene rings is 1. The molecule has 2 aliphatic rings. The number of phenolic OH excluding ortho intramolecular Hbond substituents is 1. The average Bonchev–Trinajstić information content (AvgIpc) is 3.16. The molecule has 1 unspecified atom stereocenters. The number of hydrogen-bond donors (Lipinski definition) is 8. The lowest BCUT2D eigenvalue weighted by Crippen LogP contribution is -2.65. The third-order valence-corrected chi connectivity index (χ3v) is 9.95. The number of carbonyl (C=O) groups excluding carboxylic acids is 2. The number of amides is 1. The van der Waals surface area contributed by atoms with Gasteiger partial charge in [0.05, 0.1) is 12.7 Å². The molecule has 0 radical (unpaired) electrons. The van der Waals surface area contributed by atoms with Crippen molar-refractivity contribution in [3.63, 3.8) is 0 Å². The zero-order chi connectivity index (χ0) is 40.2. The summed E-state index contributed by atoms with van der Waals surface area (Å²) in [6.07, 6.45) is 2.47. The molecule has 0 aliphatic carbocycles. The number of ether oxygens (including phenoxy) is 5. The monoisotopic (exact) mass is 783 g/mol. The molecule has 11 atom stereocenters. The van der Waals surface area contributed by atoms with Gasteiger partial charge in [0.1, 0.15) is 61.2 Å². The Balaban J connectivity index is 1.25. The number of aliphatic hydroxyl groups is 6. The third-order valence-electron chi connectivity index (χ3n) is 9.95. The first-order valence-corrected chi connectivity index (χ1v) is 19.9. The number of esters is 1. The summed E-state index contributed by atoms with van der Waals surface area (Å²) < 4.78 is 28.1. The molecule has 15 heteroatoms. The Kier molecular flexibility index (Phi) is 21.7. The smallest absolute Gasteiger partial charge is 0.302 e. The van der Waals surface area contributed by atoms with Gasteiger partial charge in [0, 0.05) is 19.9 Å². The van der Waals surface area contributed by atoms with Crippen LogP contribution < -0.4 is 5.32 Å². The van der Waals surface area contributed by atoms with E-state index in [-0.39, 0.29) is 17.8 Å². The lowest BCUT2D eigenvalue weighted by molar-refractivity contribution is -0.371. The van der Waals surface area contributed by atoms with Gasteiger partial charge in [-0.15, -0.1) is 0 Å². The molecule has 0 spiro atoms. The SMILES string of the molecule is CC(=O)OC[C@H]1O[C@@H](O[C@H]2[C@H](OC(C)CCCCCC/C=C/CCCCCCCC(=O)NCCc3ccc(O)cc3)O[C@H](CO)[C@@H](O)[C@@H]2O)[C@H](O)[C@@H](O)[C@@H]1O. The highest BCUT2D eigenvalue weighted by Crippen LogP contribution is 2.31. The molecule has 1 aromatic rings. The number of rotatable bonds is 25. The number of aromatic hydroxyl groups is 1. The van der Waals surface area contributed by atoms with E-state index in [2.05, 4.69) is 17.5 Å². The number of unbranched alkanes of at least 4 members (excludes halogenated alkanes) is 9. The fourth-order valence-electron chi connectivity index (χ4n) is 6.59. The Labute approximate surface area is 324 Å². The summed E-state index contributed by atoms with van der Waals surface area (Å²) in [5.74, 6) is -0.316. The average molecular weight is 784 g/mol. The molecular weight excluding hydrogens is 718 g/mol. The number of phenols is 1. The quantitative estimate of drug-likeness (QED) is 0.0404. The van der Waals surface area contributed by atoms with E-state index in [0.29, 0.717) is 19.4 Å². The van der Waals surface area contributed by atoms with Crippen LogP contribution in [-0.4, -0.2) is 135 Å². The summed E-state index contributed by atoms with van der Waals surface area (Å²) in [5, 5.41) is 74.6. The summed E-state index contributed by atoms with van der Waals surface area (Å²) >= 11 is 0. The maximum absolute atomic E-state index is 12.0. The minimum atomic E-state index is -1.76. The van der Waals surface area contributed by atoms with Crippen LogP contribution in [0.25, 0.3) is 0 Å². The molecule has 2 aliphatic heterocycles. The van der Waals surface area contributed by atoms with E-state index < -0.39 is 80.6 Å². The fraction of sp³-hybridized carbons (Fsp3) is 0.750. The zero-order valence-corrected chi connectivity index (χ0v) is 32.3. The van der Waals surface area contributed by atoms with Crippen molar-refractivity contribution in [2.75, 3.05) is 19.8 Å². The Hall–Kier alpha value is -2.70. The minimum Gasteiger partial charge on any atom is -0.508 e. The molecular formula is C40H65NO14. The lowest BCUT2D eigenvalue weighted by Gasteiger charge is -2.46. The van der Waals surface area contributed by atoms with Crippen molar-refractivity contribution in [1.82, 2.24) is 5.32 Å². The van der Waals surface area contributed by atoms with Crippen LogP contribution in [0.5, 0.6) is 5.75 Å². The van der Waals surface area contributed by atoms with Crippen LogP contribution in [0, 0.1) is 0 Å². The molecule has 2 heterocycles. The molecule has 3 rings (SSSR count). The van der Waals surface area contributed by atoms with E-state index in [1.165, 1.54) is 0 Å². The second-order valence-electron chi connectivity index (χ2n) is 14.6. The van der Waals surface area contributed by atoms with E-state index in [1.54, 1.807) is 12.1 Å². The van der Waals surface area contributed by atoms with Gasteiger partial charge in [0.15, 0.2) is 12.6 Å². The van der Waals surface area contributed by atoms with E-state index in [1.807, 2.05) is 19.1 Å². The standard InChI is InChI=1S/C40H65NO14/c1-26(16-14-12-10-8-6-4-3-5-7-9-11-13-15-17-32(45)41-23-22-28-18-20-29(44)21-19-28)52-40-38(36(49)33(46)30(24-42)53-40)55-39-37(50)35(48)34(47)31(54-39)25-51-27(2)43/h3-4,18-21,26,30-31,33-40,42,44,46-50H,5-17,22-25H2,1-2H3,(H,41,45)/b4-3+/t26?,30-,31-,33-,34-,35+,36+,37-,38-,39+,40-/m1/s1. The van der Waals surface area contributed by atoms with Gasteiger partial charge in [-0.3, -0.25) is 9.59 Å². The van der Waals surface area contributed by atoms with Gasteiger partial charge in [-0.25, -0.2) is 0 Å².